The van der Waals surface area contributed by atoms with E-state index in [2.05, 4.69) is 57.7 Å². The zero-order valence-electron chi connectivity index (χ0n) is 15.6. The fraction of sp³-hybridized carbons (Fsp3) is 0.348. The molecule has 3 rings (SSSR count). The predicted octanol–water partition coefficient (Wildman–Crippen LogP) is 5.79. The normalized spacial score (nSPS) is 17.0. The first-order chi connectivity index (χ1) is 12.1. The molecule has 0 atom stereocenters. The molecule has 0 heterocycles. The molecule has 0 saturated carbocycles. The summed E-state index contributed by atoms with van der Waals surface area (Å²) in [5.74, 6) is 5.26. The van der Waals surface area contributed by atoms with Crippen molar-refractivity contribution in [3.8, 4) is 11.8 Å². The van der Waals surface area contributed by atoms with Crippen LogP contribution in [0, 0.1) is 11.8 Å². The Labute approximate surface area is 160 Å². The van der Waals surface area contributed by atoms with Gasteiger partial charge in [0, 0.05) is 11.1 Å². The Balaban J connectivity index is 1.99. The van der Waals surface area contributed by atoms with E-state index in [1.807, 2.05) is 0 Å². The minimum absolute atomic E-state index is 0.142. The summed E-state index contributed by atoms with van der Waals surface area (Å²) in [6.07, 6.45) is 2.34. The van der Waals surface area contributed by atoms with Gasteiger partial charge in [-0.2, -0.15) is 0 Å². The van der Waals surface area contributed by atoms with Gasteiger partial charge in [-0.15, -0.1) is 0 Å². The summed E-state index contributed by atoms with van der Waals surface area (Å²) in [6.45, 7) is 9.19. The number of hydrogen-bond donors (Lipinski definition) is 1. The van der Waals surface area contributed by atoms with Gasteiger partial charge in [-0.3, -0.25) is 0 Å². The summed E-state index contributed by atoms with van der Waals surface area (Å²) in [6, 6.07) is 11.1. The average molecular weight is 367 g/mol. The van der Waals surface area contributed by atoms with Crippen LogP contribution in [0.2, 0.25) is 5.02 Å². The number of halogens is 1. The second-order valence-electron chi connectivity index (χ2n) is 8.28. The number of benzene rings is 2. The lowest BCUT2D eigenvalue weighted by atomic mass is 9.63. The van der Waals surface area contributed by atoms with E-state index in [9.17, 15) is 4.79 Å². The monoisotopic (exact) mass is 366 g/mol. The molecule has 0 aromatic heterocycles. The number of hydrogen-bond acceptors (Lipinski definition) is 1. The first kappa shape index (κ1) is 18.5. The van der Waals surface area contributed by atoms with Gasteiger partial charge in [0.05, 0.1) is 10.6 Å². The molecular formula is C23H23ClO2. The van der Waals surface area contributed by atoms with Crippen LogP contribution in [0.1, 0.15) is 73.1 Å². The van der Waals surface area contributed by atoms with E-state index in [1.165, 1.54) is 29.7 Å². The summed E-state index contributed by atoms with van der Waals surface area (Å²) in [5.41, 5.74) is 4.85. The minimum Gasteiger partial charge on any atom is -0.478 e. The zero-order chi connectivity index (χ0) is 19.1. The van der Waals surface area contributed by atoms with Crippen molar-refractivity contribution in [3.05, 3.63) is 69.2 Å². The molecule has 1 N–H and O–H groups in total. The van der Waals surface area contributed by atoms with Crippen LogP contribution >= 0.6 is 11.6 Å². The molecule has 0 unspecified atom stereocenters. The van der Waals surface area contributed by atoms with Crippen molar-refractivity contribution in [3.63, 3.8) is 0 Å². The smallest absolute Gasteiger partial charge is 0.335 e. The van der Waals surface area contributed by atoms with Crippen LogP contribution in [0.3, 0.4) is 0 Å². The van der Waals surface area contributed by atoms with E-state index in [0.29, 0.717) is 10.6 Å². The highest BCUT2D eigenvalue weighted by atomic mass is 35.5. The second kappa shape index (κ2) is 6.49. The van der Waals surface area contributed by atoms with Crippen molar-refractivity contribution in [2.75, 3.05) is 0 Å². The maximum Gasteiger partial charge on any atom is 0.335 e. The van der Waals surface area contributed by atoms with Crippen molar-refractivity contribution >= 4 is 17.6 Å². The Morgan fingerprint density at radius 2 is 1.62 bits per heavy atom. The van der Waals surface area contributed by atoms with Gasteiger partial charge in [0.25, 0.3) is 0 Å². The Kier molecular flexibility index (Phi) is 4.63. The lowest BCUT2D eigenvalue weighted by molar-refractivity contribution is 0.0697. The van der Waals surface area contributed by atoms with Crippen molar-refractivity contribution in [2.24, 2.45) is 0 Å². The van der Waals surface area contributed by atoms with E-state index in [4.69, 9.17) is 16.7 Å². The molecule has 134 valence electrons. The molecule has 0 aliphatic heterocycles. The molecule has 0 amide bonds. The Morgan fingerprint density at radius 3 is 2.23 bits per heavy atom. The largest absolute Gasteiger partial charge is 0.478 e. The van der Waals surface area contributed by atoms with Gasteiger partial charge in [-0.05, 0) is 65.1 Å². The van der Waals surface area contributed by atoms with Crippen molar-refractivity contribution in [1.29, 1.82) is 0 Å². The molecule has 0 saturated heterocycles. The highest BCUT2D eigenvalue weighted by Gasteiger charge is 2.36. The zero-order valence-corrected chi connectivity index (χ0v) is 16.4. The van der Waals surface area contributed by atoms with E-state index >= 15 is 0 Å². The Bertz CT molecular complexity index is 942. The lowest BCUT2D eigenvalue weighted by Gasteiger charge is -2.41. The number of fused-ring (bicyclic) bond motifs is 1. The number of aromatic carboxylic acids is 1. The van der Waals surface area contributed by atoms with Gasteiger partial charge in [-0.1, -0.05) is 57.2 Å². The van der Waals surface area contributed by atoms with E-state index in [0.717, 1.165) is 12.0 Å². The molecule has 0 spiro atoms. The van der Waals surface area contributed by atoms with Gasteiger partial charge in [-0.25, -0.2) is 4.79 Å². The van der Waals surface area contributed by atoms with Crippen LogP contribution in [0.25, 0.3) is 0 Å². The summed E-state index contributed by atoms with van der Waals surface area (Å²) in [7, 11) is 0. The minimum atomic E-state index is -0.994. The van der Waals surface area contributed by atoms with Crippen molar-refractivity contribution in [2.45, 2.75) is 51.4 Å². The third-order valence-corrected chi connectivity index (χ3v) is 5.72. The third kappa shape index (κ3) is 3.50. The van der Waals surface area contributed by atoms with Crippen LogP contribution in [-0.4, -0.2) is 11.1 Å². The maximum atomic E-state index is 11.0. The summed E-state index contributed by atoms with van der Waals surface area (Å²) < 4.78 is 0. The van der Waals surface area contributed by atoms with Crippen molar-refractivity contribution < 1.29 is 9.90 Å². The van der Waals surface area contributed by atoms with Crippen LogP contribution in [-0.2, 0) is 10.8 Å². The third-order valence-electron chi connectivity index (χ3n) is 5.41. The highest BCUT2D eigenvalue weighted by Crippen LogP contribution is 2.45. The van der Waals surface area contributed by atoms with Crippen LogP contribution in [0.15, 0.2) is 36.4 Å². The number of carboxylic acid groups (broad SMARTS) is 1. The number of rotatable bonds is 1. The molecular weight excluding hydrogens is 344 g/mol. The summed E-state index contributed by atoms with van der Waals surface area (Å²) in [5, 5.41) is 9.38. The van der Waals surface area contributed by atoms with Gasteiger partial charge in [0.2, 0.25) is 0 Å². The molecule has 2 aromatic rings. The molecule has 1 aliphatic rings. The topological polar surface area (TPSA) is 37.3 Å². The average Bonchev–Trinajstić information content (AvgIpc) is 2.58. The fourth-order valence-electron chi connectivity index (χ4n) is 3.56. The molecule has 0 radical (unpaired) electrons. The Hall–Kier alpha value is -2.24. The van der Waals surface area contributed by atoms with Crippen molar-refractivity contribution in [1.82, 2.24) is 0 Å². The van der Waals surface area contributed by atoms with Gasteiger partial charge in [0.1, 0.15) is 0 Å². The van der Waals surface area contributed by atoms with Crippen LogP contribution < -0.4 is 0 Å². The quantitative estimate of drug-likeness (QED) is 0.649. The molecule has 3 heteroatoms. The van der Waals surface area contributed by atoms with Gasteiger partial charge in [0.15, 0.2) is 0 Å². The van der Waals surface area contributed by atoms with Gasteiger partial charge < -0.3 is 5.11 Å². The molecule has 1 aliphatic carbocycles. The van der Waals surface area contributed by atoms with E-state index in [1.54, 1.807) is 6.07 Å². The number of carboxylic acids is 1. The van der Waals surface area contributed by atoms with E-state index < -0.39 is 5.97 Å². The molecule has 26 heavy (non-hydrogen) atoms. The van der Waals surface area contributed by atoms with E-state index in [-0.39, 0.29) is 16.4 Å². The van der Waals surface area contributed by atoms with Crippen LogP contribution in [0.5, 0.6) is 0 Å². The molecule has 2 aromatic carbocycles. The SMILES string of the molecule is CC1(C)CCC(C)(C)c2cc(C#Cc3ccc(C(=O)O)cc3Cl)ccc21. The Morgan fingerprint density at radius 1 is 0.962 bits per heavy atom. The summed E-state index contributed by atoms with van der Waals surface area (Å²) in [4.78, 5) is 11.0. The maximum absolute atomic E-state index is 11.0. The lowest BCUT2D eigenvalue weighted by Crippen LogP contribution is -2.33. The molecule has 0 fully saturated rings. The standard InChI is InChI=1S/C23H23ClO2/c1-22(2)11-12-23(3,4)19-13-15(6-10-18(19)22)5-7-16-8-9-17(21(25)26)14-20(16)24/h6,8-10,13-14H,11-12H2,1-4H3,(H,25,26). The first-order valence-corrected chi connectivity index (χ1v) is 9.18. The molecule has 0 bridgehead atoms. The van der Waals surface area contributed by atoms with Crippen LogP contribution in [0.4, 0.5) is 0 Å². The fourth-order valence-corrected chi connectivity index (χ4v) is 3.78. The second-order valence-corrected chi connectivity index (χ2v) is 8.69. The molecule has 2 nitrogen and oxygen atoms in total. The number of carbonyl (C=O) groups is 1. The highest BCUT2D eigenvalue weighted by molar-refractivity contribution is 6.32. The predicted molar refractivity (Wildman–Crippen MR) is 106 cm³/mol. The summed E-state index contributed by atoms with van der Waals surface area (Å²) >= 11 is 6.17. The van der Waals surface area contributed by atoms with Gasteiger partial charge >= 0.3 is 5.97 Å². The first-order valence-electron chi connectivity index (χ1n) is 8.80.